The standard InChI is InChI=1S/C16H13NO3/c1-2-19-16(18)20-15-9-7-14(8-10-15)13-5-3-12(11-17)4-6-13/h3-10H,2H2,1H3. The smallest absolute Gasteiger partial charge is 0.434 e. The summed E-state index contributed by atoms with van der Waals surface area (Å²) >= 11 is 0. The Morgan fingerprint density at radius 2 is 1.60 bits per heavy atom. The molecular weight excluding hydrogens is 254 g/mol. The van der Waals surface area contributed by atoms with E-state index in [4.69, 9.17) is 14.7 Å². The van der Waals surface area contributed by atoms with E-state index in [-0.39, 0.29) is 6.61 Å². The van der Waals surface area contributed by atoms with E-state index in [0.717, 1.165) is 11.1 Å². The third-order valence-corrected chi connectivity index (χ3v) is 2.67. The Morgan fingerprint density at radius 3 is 2.10 bits per heavy atom. The second-order valence-electron chi connectivity index (χ2n) is 4.00. The third-order valence-electron chi connectivity index (χ3n) is 2.67. The SMILES string of the molecule is CCOC(=O)Oc1ccc(-c2ccc(C#N)cc2)cc1. The van der Waals surface area contributed by atoms with Gasteiger partial charge in [0.25, 0.3) is 0 Å². The highest BCUT2D eigenvalue weighted by molar-refractivity contribution is 5.67. The van der Waals surface area contributed by atoms with Crippen LogP contribution in [0.3, 0.4) is 0 Å². The number of carbonyl (C=O) groups excluding carboxylic acids is 1. The highest BCUT2D eigenvalue weighted by atomic mass is 16.7. The predicted molar refractivity (Wildman–Crippen MR) is 74.2 cm³/mol. The van der Waals surface area contributed by atoms with E-state index >= 15 is 0 Å². The summed E-state index contributed by atoms with van der Waals surface area (Å²) in [6.45, 7) is 2.00. The van der Waals surface area contributed by atoms with Crippen LogP contribution in [0.5, 0.6) is 5.75 Å². The summed E-state index contributed by atoms with van der Waals surface area (Å²) < 4.78 is 9.67. The number of nitriles is 1. The first-order chi connectivity index (χ1) is 9.72. The van der Waals surface area contributed by atoms with Crippen LogP contribution in [0.4, 0.5) is 4.79 Å². The highest BCUT2D eigenvalue weighted by Gasteiger charge is 2.05. The molecule has 0 bridgehead atoms. The lowest BCUT2D eigenvalue weighted by Gasteiger charge is -2.05. The first-order valence-corrected chi connectivity index (χ1v) is 6.18. The molecular formula is C16H13NO3. The van der Waals surface area contributed by atoms with Gasteiger partial charge in [-0.05, 0) is 42.3 Å². The van der Waals surface area contributed by atoms with Gasteiger partial charge in [0.15, 0.2) is 0 Å². The van der Waals surface area contributed by atoms with Crippen LogP contribution in [0, 0.1) is 11.3 Å². The van der Waals surface area contributed by atoms with Crippen LogP contribution in [0.2, 0.25) is 0 Å². The van der Waals surface area contributed by atoms with Crippen molar-refractivity contribution in [2.24, 2.45) is 0 Å². The van der Waals surface area contributed by atoms with Gasteiger partial charge in [0.05, 0.1) is 18.2 Å². The first kappa shape index (κ1) is 13.6. The summed E-state index contributed by atoms with van der Waals surface area (Å²) in [6, 6.07) is 16.4. The second kappa shape index (κ2) is 6.39. The molecule has 2 aromatic carbocycles. The Labute approximate surface area is 117 Å². The largest absolute Gasteiger partial charge is 0.513 e. The van der Waals surface area contributed by atoms with E-state index in [2.05, 4.69) is 6.07 Å². The van der Waals surface area contributed by atoms with Crippen LogP contribution in [-0.2, 0) is 4.74 Å². The van der Waals surface area contributed by atoms with E-state index < -0.39 is 6.16 Å². The Morgan fingerprint density at radius 1 is 1.05 bits per heavy atom. The van der Waals surface area contributed by atoms with Crippen LogP contribution in [0.1, 0.15) is 12.5 Å². The van der Waals surface area contributed by atoms with Crippen molar-refractivity contribution in [1.82, 2.24) is 0 Å². The summed E-state index contributed by atoms with van der Waals surface area (Å²) in [4.78, 5) is 11.2. The van der Waals surface area contributed by atoms with Gasteiger partial charge in [0.1, 0.15) is 5.75 Å². The van der Waals surface area contributed by atoms with E-state index in [1.807, 2.05) is 24.3 Å². The zero-order valence-electron chi connectivity index (χ0n) is 11.0. The fourth-order valence-corrected chi connectivity index (χ4v) is 1.70. The molecule has 0 heterocycles. The van der Waals surface area contributed by atoms with Gasteiger partial charge < -0.3 is 9.47 Å². The van der Waals surface area contributed by atoms with Crippen molar-refractivity contribution in [2.45, 2.75) is 6.92 Å². The lowest BCUT2D eigenvalue weighted by atomic mass is 10.0. The molecule has 0 radical (unpaired) electrons. The molecule has 0 saturated carbocycles. The number of carbonyl (C=O) groups is 1. The van der Waals surface area contributed by atoms with Crippen LogP contribution >= 0.6 is 0 Å². The molecule has 4 heteroatoms. The number of benzene rings is 2. The van der Waals surface area contributed by atoms with Gasteiger partial charge in [-0.1, -0.05) is 24.3 Å². The van der Waals surface area contributed by atoms with Gasteiger partial charge in [0.2, 0.25) is 0 Å². The van der Waals surface area contributed by atoms with Gasteiger partial charge >= 0.3 is 6.16 Å². The lowest BCUT2D eigenvalue weighted by molar-refractivity contribution is 0.104. The molecule has 2 aromatic rings. The van der Waals surface area contributed by atoms with Crippen LogP contribution < -0.4 is 4.74 Å². The number of hydrogen-bond acceptors (Lipinski definition) is 4. The van der Waals surface area contributed by atoms with Crippen molar-refractivity contribution in [3.05, 3.63) is 54.1 Å². The Bertz CT molecular complexity index is 624. The molecule has 20 heavy (non-hydrogen) atoms. The van der Waals surface area contributed by atoms with Gasteiger partial charge in [-0.3, -0.25) is 0 Å². The zero-order valence-corrected chi connectivity index (χ0v) is 11.0. The maximum atomic E-state index is 11.2. The monoisotopic (exact) mass is 267 g/mol. The van der Waals surface area contributed by atoms with E-state index in [1.54, 1.807) is 31.2 Å². The summed E-state index contributed by atoms with van der Waals surface area (Å²) in [5.41, 5.74) is 2.59. The van der Waals surface area contributed by atoms with Gasteiger partial charge in [-0.15, -0.1) is 0 Å². The van der Waals surface area contributed by atoms with Crippen LogP contribution in [0.15, 0.2) is 48.5 Å². The molecule has 2 rings (SSSR count). The minimum Gasteiger partial charge on any atom is -0.434 e. The number of nitrogens with zero attached hydrogens (tertiary/aromatic N) is 1. The first-order valence-electron chi connectivity index (χ1n) is 6.18. The molecule has 0 amide bonds. The maximum Gasteiger partial charge on any atom is 0.513 e. The van der Waals surface area contributed by atoms with Crippen molar-refractivity contribution in [2.75, 3.05) is 6.61 Å². The fraction of sp³-hybridized carbons (Fsp3) is 0.125. The van der Waals surface area contributed by atoms with E-state index in [1.165, 1.54) is 0 Å². The Hall–Kier alpha value is -2.80. The summed E-state index contributed by atoms with van der Waals surface area (Å²) in [5.74, 6) is 0.431. The van der Waals surface area contributed by atoms with Gasteiger partial charge in [0, 0.05) is 0 Å². The predicted octanol–water partition coefficient (Wildman–Crippen LogP) is 3.76. The summed E-state index contributed by atoms with van der Waals surface area (Å²) in [5, 5.41) is 8.75. The molecule has 0 aliphatic carbocycles. The quantitative estimate of drug-likeness (QED) is 0.627. The van der Waals surface area contributed by atoms with Gasteiger partial charge in [-0.2, -0.15) is 5.26 Å². The molecule has 0 spiro atoms. The fourth-order valence-electron chi connectivity index (χ4n) is 1.70. The Balaban J connectivity index is 2.11. The minimum atomic E-state index is -0.710. The molecule has 100 valence electrons. The number of hydrogen-bond donors (Lipinski definition) is 0. The summed E-state index contributed by atoms with van der Waals surface area (Å²) in [7, 11) is 0. The van der Waals surface area contributed by atoms with Gasteiger partial charge in [-0.25, -0.2) is 4.79 Å². The van der Waals surface area contributed by atoms with E-state index in [9.17, 15) is 4.79 Å². The summed E-state index contributed by atoms with van der Waals surface area (Å²) in [6.07, 6.45) is -0.710. The molecule has 0 N–H and O–H groups in total. The second-order valence-corrected chi connectivity index (χ2v) is 4.00. The molecule has 0 saturated heterocycles. The Kier molecular flexibility index (Phi) is 4.35. The number of rotatable bonds is 3. The third kappa shape index (κ3) is 3.36. The van der Waals surface area contributed by atoms with Crippen LogP contribution in [0.25, 0.3) is 11.1 Å². The molecule has 0 unspecified atom stereocenters. The topological polar surface area (TPSA) is 59.3 Å². The molecule has 4 nitrogen and oxygen atoms in total. The molecule has 0 aliphatic heterocycles. The van der Waals surface area contributed by atoms with Crippen molar-refractivity contribution in [3.63, 3.8) is 0 Å². The van der Waals surface area contributed by atoms with E-state index in [0.29, 0.717) is 11.3 Å². The zero-order chi connectivity index (χ0) is 14.4. The number of ether oxygens (including phenoxy) is 2. The maximum absolute atomic E-state index is 11.2. The van der Waals surface area contributed by atoms with Crippen molar-refractivity contribution < 1.29 is 14.3 Å². The van der Waals surface area contributed by atoms with Crippen molar-refractivity contribution in [1.29, 1.82) is 5.26 Å². The average molecular weight is 267 g/mol. The van der Waals surface area contributed by atoms with Crippen molar-refractivity contribution >= 4 is 6.16 Å². The van der Waals surface area contributed by atoms with Crippen LogP contribution in [-0.4, -0.2) is 12.8 Å². The lowest BCUT2D eigenvalue weighted by Crippen LogP contribution is -2.09. The normalized spacial score (nSPS) is 9.60. The minimum absolute atomic E-state index is 0.280. The van der Waals surface area contributed by atoms with Crippen molar-refractivity contribution in [3.8, 4) is 22.9 Å². The average Bonchev–Trinajstić information content (AvgIpc) is 2.48. The highest BCUT2D eigenvalue weighted by Crippen LogP contribution is 2.22. The molecule has 0 aliphatic rings. The molecule has 0 aromatic heterocycles. The molecule has 0 atom stereocenters. The molecule has 0 fully saturated rings.